The molecular formula is C17H32O. The second-order valence-corrected chi connectivity index (χ2v) is 6.74. The Morgan fingerprint density at radius 1 is 0.944 bits per heavy atom. The van der Waals surface area contributed by atoms with E-state index in [-0.39, 0.29) is 0 Å². The molecule has 1 atom stereocenters. The minimum Gasteiger partial charge on any atom is -0.375 e. The van der Waals surface area contributed by atoms with Crippen molar-refractivity contribution in [3.05, 3.63) is 0 Å². The van der Waals surface area contributed by atoms with Crippen molar-refractivity contribution >= 4 is 0 Å². The van der Waals surface area contributed by atoms with E-state index in [2.05, 4.69) is 13.8 Å². The van der Waals surface area contributed by atoms with Crippen molar-refractivity contribution in [3.63, 3.8) is 0 Å². The molecule has 0 radical (unpaired) electrons. The molecule has 0 saturated heterocycles. The Morgan fingerprint density at radius 2 is 1.61 bits per heavy atom. The number of rotatable bonds is 5. The molecule has 0 aromatic rings. The third-order valence-corrected chi connectivity index (χ3v) is 5.08. The molecule has 2 aliphatic rings. The molecule has 1 nitrogen and oxygen atoms in total. The van der Waals surface area contributed by atoms with Gasteiger partial charge in [0.05, 0.1) is 12.2 Å². The lowest BCUT2D eigenvalue weighted by Crippen LogP contribution is -2.32. The first-order valence-corrected chi connectivity index (χ1v) is 8.45. The van der Waals surface area contributed by atoms with Gasteiger partial charge in [-0.25, -0.2) is 0 Å². The Labute approximate surface area is 114 Å². The van der Waals surface area contributed by atoms with E-state index in [4.69, 9.17) is 4.74 Å². The van der Waals surface area contributed by atoms with Crippen LogP contribution in [0.3, 0.4) is 0 Å². The van der Waals surface area contributed by atoms with E-state index in [9.17, 15) is 0 Å². The fourth-order valence-corrected chi connectivity index (χ4v) is 3.82. The largest absolute Gasteiger partial charge is 0.375 e. The lowest BCUT2D eigenvalue weighted by atomic mass is 9.83. The van der Waals surface area contributed by atoms with Crippen molar-refractivity contribution in [3.8, 4) is 0 Å². The summed E-state index contributed by atoms with van der Waals surface area (Å²) in [5, 5.41) is 0. The number of hydrogen-bond acceptors (Lipinski definition) is 1. The van der Waals surface area contributed by atoms with Gasteiger partial charge < -0.3 is 4.74 Å². The van der Waals surface area contributed by atoms with Gasteiger partial charge in [0.2, 0.25) is 0 Å². The van der Waals surface area contributed by atoms with Crippen LogP contribution < -0.4 is 0 Å². The summed E-state index contributed by atoms with van der Waals surface area (Å²) >= 11 is 0. The maximum Gasteiger partial charge on any atom is 0.0606 e. The molecule has 18 heavy (non-hydrogen) atoms. The zero-order valence-electron chi connectivity index (χ0n) is 12.5. The molecule has 2 saturated carbocycles. The molecule has 0 spiro atoms. The Hall–Kier alpha value is -0.0400. The van der Waals surface area contributed by atoms with E-state index < -0.39 is 0 Å². The first kappa shape index (κ1) is 14.4. The predicted octanol–water partition coefficient (Wildman–Crippen LogP) is 5.33. The van der Waals surface area contributed by atoms with Gasteiger partial charge in [-0.05, 0) is 56.8 Å². The van der Waals surface area contributed by atoms with Crippen LogP contribution in [0.4, 0.5) is 0 Å². The van der Waals surface area contributed by atoms with Gasteiger partial charge in [0.15, 0.2) is 0 Å². The van der Waals surface area contributed by atoms with Gasteiger partial charge in [0, 0.05) is 0 Å². The zero-order chi connectivity index (χ0) is 12.8. The summed E-state index contributed by atoms with van der Waals surface area (Å²) in [4.78, 5) is 0. The molecule has 2 aliphatic carbocycles. The van der Waals surface area contributed by atoms with Crippen LogP contribution in [-0.2, 0) is 4.74 Å². The summed E-state index contributed by atoms with van der Waals surface area (Å²) < 4.78 is 6.52. The van der Waals surface area contributed by atoms with Crippen LogP contribution in [0.25, 0.3) is 0 Å². The van der Waals surface area contributed by atoms with Gasteiger partial charge in [0.25, 0.3) is 0 Å². The molecule has 0 aromatic carbocycles. The van der Waals surface area contributed by atoms with Crippen molar-refractivity contribution in [2.45, 2.75) is 96.7 Å². The van der Waals surface area contributed by atoms with Crippen LogP contribution in [0.15, 0.2) is 0 Å². The normalized spacial score (nSPS) is 32.3. The molecule has 2 rings (SSSR count). The quantitative estimate of drug-likeness (QED) is 0.642. The summed E-state index contributed by atoms with van der Waals surface area (Å²) in [5.74, 6) is 1.81. The average molecular weight is 252 g/mol. The maximum absolute atomic E-state index is 6.52. The van der Waals surface area contributed by atoms with Crippen LogP contribution in [0.1, 0.15) is 84.5 Å². The predicted molar refractivity (Wildman–Crippen MR) is 77.8 cm³/mol. The van der Waals surface area contributed by atoms with E-state index in [1.54, 1.807) is 0 Å². The Kier molecular flexibility index (Phi) is 6.01. The van der Waals surface area contributed by atoms with Crippen molar-refractivity contribution in [1.29, 1.82) is 0 Å². The lowest BCUT2D eigenvalue weighted by molar-refractivity contribution is -0.0719. The second-order valence-electron chi connectivity index (χ2n) is 6.74. The van der Waals surface area contributed by atoms with E-state index in [1.807, 2.05) is 0 Å². The van der Waals surface area contributed by atoms with Gasteiger partial charge in [-0.15, -0.1) is 0 Å². The highest BCUT2D eigenvalue weighted by molar-refractivity contribution is 4.78. The van der Waals surface area contributed by atoms with E-state index in [0.29, 0.717) is 12.2 Å². The molecule has 0 bridgehead atoms. The molecule has 0 aliphatic heterocycles. The molecule has 0 N–H and O–H groups in total. The van der Waals surface area contributed by atoms with Crippen LogP contribution in [-0.4, -0.2) is 12.2 Å². The van der Waals surface area contributed by atoms with Crippen LogP contribution in [0, 0.1) is 11.8 Å². The van der Waals surface area contributed by atoms with Crippen LogP contribution >= 0.6 is 0 Å². The second kappa shape index (κ2) is 7.53. The first-order valence-electron chi connectivity index (χ1n) is 8.45. The van der Waals surface area contributed by atoms with Crippen LogP contribution in [0.2, 0.25) is 0 Å². The third-order valence-electron chi connectivity index (χ3n) is 5.08. The molecule has 0 amide bonds. The smallest absolute Gasteiger partial charge is 0.0606 e. The summed E-state index contributed by atoms with van der Waals surface area (Å²) in [7, 11) is 0. The van der Waals surface area contributed by atoms with Crippen molar-refractivity contribution in [1.82, 2.24) is 0 Å². The fraction of sp³-hybridized carbons (Fsp3) is 1.00. The fourth-order valence-electron chi connectivity index (χ4n) is 3.82. The Balaban J connectivity index is 1.81. The molecule has 1 unspecified atom stereocenters. The number of hydrogen-bond donors (Lipinski definition) is 0. The van der Waals surface area contributed by atoms with Crippen molar-refractivity contribution in [2.24, 2.45) is 11.8 Å². The summed E-state index contributed by atoms with van der Waals surface area (Å²) in [6, 6.07) is 0. The number of ether oxygens (including phenoxy) is 1. The minimum atomic E-state index is 0.578. The molecule has 2 fully saturated rings. The van der Waals surface area contributed by atoms with E-state index >= 15 is 0 Å². The topological polar surface area (TPSA) is 9.23 Å². The Bertz CT molecular complexity index is 212. The van der Waals surface area contributed by atoms with Gasteiger partial charge in [-0.1, -0.05) is 39.5 Å². The van der Waals surface area contributed by atoms with E-state index in [1.165, 1.54) is 70.6 Å². The monoisotopic (exact) mass is 252 g/mol. The van der Waals surface area contributed by atoms with Gasteiger partial charge >= 0.3 is 0 Å². The van der Waals surface area contributed by atoms with Crippen molar-refractivity contribution in [2.75, 3.05) is 0 Å². The summed E-state index contributed by atoms with van der Waals surface area (Å²) in [6.07, 6.45) is 16.3. The minimum absolute atomic E-state index is 0.578. The van der Waals surface area contributed by atoms with Crippen molar-refractivity contribution < 1.29 is 4.74 Å². The van der Waals surface area contributed by atoms with Gasteiger partial charge in [-0.2, -0.15) is 0 Å². The zero-order valence-corrected chi connectivity index (χ0v) is 12.5. The Morgan fingerprint density at radius 3 is 2.22 bits per heavy atom. The molecule has 0 aromatic heterocycles. The van der Waals surface area contributed by atoms with Gasteiger partial charge in [-0.3, -0.25) is 0 Å². The van der Waals surface area contributed by atoms with E-state index in [0.717, 1.165) is 11.8 Å². The molecular weight excluding hydrogens is 220 g/mol. The highest BCUT2D eigenvalue weighted by Gasteiger charge is 2.27. The standard InChI is InChI=1S/C17H32O/c1-3-7-17(15-8-5-4-6-9-15)18-16-12-10-14(2)11-13-16/h14-17H,3-13H2,1-2H3/t14-,16-,17?. The molecule has 1 heteroatoms. The SMILES string of the molecule is CCCC(O[C@H]1CC[C@H](C)CC1)C1CCCCC1. The van der Waals surface area contributed by atoms with Gasteiger partial charge in [0.1, 0.15) is 0 Å². The summed E-state index contributed by atoms with van der Waals surface area (Å²) in [6.45, 7) is 4.70. The molecule has 106 valence electrons. The third kappa shape index (κ3) is 4.26. The molecule has 0 heterocycles. The first-order chi connectivity index (χ1) is 8.79. The average Bonchev–Trinajstić information content (AvgIpc) is 2.42. The lowest BCUT2D eigenvalue weighted by Gasteiger charge is -2.35. The highest BCUT2D eigenvalue weighted by Crippen LogP contribution is 2.33. The maximum atomic E-state index is 6.52. The van der Waals surface area contributed by atoms with Crippen LogP contribution in [0.5, 0.6) is 0 Å². The summed E-state index contributed by atoms with van der Waals surface area (Å²) in [5.41, 5.74) is 0. The highest BCUT2D eigenvalue weighted by atomic mass is 16.5.